The van der Waals surface area contributed by atoms with Crippen LogP contribution in [0.3, 0.4) is 0 Å². The average molecular weight is 534 g/mol. The van der Waals surface area contributed by atoms with Crippen molar-refractivity contribution in [1.82, 2.24) is 0 Å². The number of amides is 3. The molecule has 194 valence electrons. The summed E-state index contributed by atoms with van der Waals surface area (Å²) in [5, 5.41) is 5.39. The molecule has 1 heterocycles. The van der Waals surface area contributed by atoms with E-state index in [9.17, 15) is 19.2 Å². The van der Waals surface area contributed by atoms with E-state index in [1.165, 1.54) is 24.3 Å². The van der Waals surface area contributed by atoms with Crippen LogP contribution in [0.5, 0.6) is 5.75 Å². The lowest BCUT2D eigenvalue weighted by Crippen LogP contribution is -2.32. The van der Waals surface area contributed by atoms with Crippen molar-refractivity contribution in [2.24, 2.45) is 0 Å². The zero-order valence-corrected chi connectivity index (χ0v) is 21.4. The van der Waals surface area contributed by atoms with Gasteiger partial charge < -0.3 is 20.1 Å². The van der Waals surface area contributed by atoms with E-state index >= 15 is 0 Å². The Labute approximate surface area is 224 Å². The van der Waals surface area contributed by atoms with Gasteiger partial charge in [-0.1, -0.05) is 11.6 Å². The third-order valence-corrected chi connectivity index (χ3v) is 5.85. The van der Waals surface area contributed by atoms with Gasteiger partial charge in [0.15, 0.2) is 0 Å². The maximum atomic E-state index is 13.0. The summed E-state index contributed by atoms with van der Waals surface area (Å²) in [4.78, 5) is 51.2. The lowest BCUT2D eigenvalue weighted by molar-refractivity contribution is -0.120. The Morgan fingerprint density at radius 3 is 2.00 bits per heavy atom. The molecule has 3 aromatic rings. The third-order valence-electron chi connectivity index (χ3n) is 5.50. The van der Waals surface area contributed by atoms with E-state index < -0.39 is 17.8 Å². The first-order valence-corrected chi connectivity index (χ1v) is 12.2. The van der Waals surface area contributed by atoms with E-state index in [1.54, 1.807) is 55.5 Å². The number of benzene rings is 3. The fraction of sp³-hybridized carbons (Fsp3) is 0.143. The molecule has 3 amide bonds. The fourth-order valence-electron chi connectivity index (χ4n) is 3.66. The summed E-state index contributed by atoms with van der Waals surface area (Å²) in [6, 6.07) is 19.2. The number of carbonyl (C=O) groups excluding carboxylic acids is 4. The first-order chi connectivity index (χ1) is 18.3. The second-order valence-corrected chi connectivity index (χ2v) is 8.39. The predicted molar refractivity (Wildman–Crippen MR) is 143 cm³/mol. The van der Waals surface area contributed by atoms with Crippen LogP contribution in [-0.4, -0.2) is 36.9 Å². The molecule has 9 nitrogen and oxygen atoms in total. The van der Waals surface area contributed by atoms with Gasteiger partial charge in [-0.15, -0.1) is 0 Å². The molecule has 38 heavy (non-hydrogen) atoms. The fourth-order valence-corrected chi connectivity index (χ4v) is 3.87. The van der Waals surface area contributed by atoms with E-state index in [-0.39, 0.29) is 28.9 Å². The molecule has 10 heteroatoms. The SMILES string of the molecule is CCOC(=O)c1ccc(N2C(=O)C(Cl)=C(Nc3ccc(C(=O)Nc4ccc(OCC)cc4)cc3)C2=O)cc1. The average Bonchev–Trinajstić information content (AvgIpc) is 3.13. The smallest absolute Gasteiger partial charge is 0.338 e. The number of carbonyl (C=O) groups is 4. The molecule has 2 N–H and O–H groups in total. The number of nitrogens with one attached hydrogen (secondary N) is 2. The number of imide groups is 1. The van der Waals surface area contributed by atoms with Gasteiger partial charge in [0.1, 0.15) is 16.5 Å². The first kappa shape index (κ1) is 26.4. The molecule has 0 fully saturated rings. The van der Waals surface area contributed by atoms with Crippen molar-refractivity contribution < 1.29 is 28.7 Å². The summed E-state index contributed by atoms with van der Waals surface area (Å²) in [7, 11) is 0. The summed E-state index contributed by atoms with van der Waals surface area (Å²) in [6.45, 7) is 4.37. The number of ether oxygens (including phenoxy) is 2. The van der Waals surface area contributed by atoms with Gasteiger partial charge in [-0.3, -0.25) is 14.4 Å². The maximum absolute atomic E-state index is 13.0. The van der Waals surface area contributed by atoms with Gasteiger partial charge in [0.25, 0.3) is 17.7 Å². The molecule has 4 rings (SSSR count). The molecule has 0 aliphatic carbocycles. The van der Waals surface area contributed by atoms with Crippen molar-refractivity contribution in [1.29, 1.82) is 0 Å². The monoisotopic (exact) mass is 533 g/mol. The number of rotatable bonds is 9. The second kappa shape index (κ2) is 11.6. The minimum atomic E-state index is -0.700. The molecule has 1 aliphatic rings. The summed E-state index contributed by atoms with van der Waals surface area (Å²) < 4.78 is 10.3. The molecule has 0 aromatic heterocycles. The Morgan fingerprint density at radius 1 is 0.789 bits per heavy atom. The minimum Gasteiger partial charge on any atom is -0.494 e. The first-order valence-electron chi connectivity index (χ1n) is 11.8. The van der Waals surface area contributed by atoms with Crippen LogP contribution in [0.4, 0.5) is 17.1 Å². The number of hydrogen-bond donors (Lipinski definition) is 2. The van der Waals surface area contributed by atoms with Crippen LogP contribution in [0.2, 0.25) is 0 Å². The van der Waals surface area contributed by atoms with Gasteiger partial charge in [-0.05, 0) is 86.6 Å². The summed E-state index contributed by atoms with van der Waals surface area (Å²) in [6.07, 6.45) is 0. The van der Waals surface area contributed by atoms with Gasteiger partial charge in [0.05, 0.1) is 24.5 Å². The minimum absolute atomic E-state index is 0.0993. The highest BCUT2D eigenvalue weighted by atomic mass is 35.5. The van der Waals surface area contributed by atoms with E-state index in [2.05, 4.69) is 10.6 Å². The molecule has 1 aliphatic heterocycles. The number of esters is 1. The van der Waals surface area contributed by atoms with Crippen molar-refractivity contribution in [2.45, 2.75) is 13.8 Å². The van der Waals surface area contributed by atoms with Crippen LogP contribution in [-0.2, 0) is 14.3 Å². The molecule has 0 saturated heterocycles. The summed E-state index contributed by atoms with van der Waals surface area (Å²) >= 11 is 6.20. The zero-order valence-electron chi connectivity index (χ0n) is 20.6. The standard InChI is InChI=1S/C28H24ClN3O6/c1-3-37-22-15-11-20(12-16-22)31-25(33)17-5-9-19(10-6-17)30-24-23(29)26(34)32(27(24)35)21-13-7-18(8-14-21)28(36)38-4-2/h5-16,30H,3-4H2,1-2H3,(H,31,33). The third kappa shape index (κ3) is 5.68. The Balaban J connectivity index is 1.42. The van der Waals surface area contributed by atoms with Crippen LogP contribution in [0.25, 0.3) is 0 Å². The largest absolute Gasteiger partial charge is 0.494 e. The molecule has 0 unspecified atom stereocenters. The van der Waals surface area contributed by atoms with Gasteiger partial charge in [0.2, 0.25) is 0 Å². The maximum Gasteiger partial charge on any atom is 0.338 e. The Bertz CT molecular complexity index is 1400. The van der Waals surface area contributed by atoms with E-state index in [4.69, 9.17) is 21.1 Å². The van der Waals surface area contributed by atoms with Crippen LogP contribution in [0.1, 0.15) is 34.6 Å². The molecule has 0 radical (unpaired) electrons. The highest BCUT2D eigenvalue weighted by Gasteiger charge is 2.39. The van der Waals surface area contributed by atoms with Crippen LogP contribution in [0, 0.1) is 0 Å². The van der Waals surface area contributed by atoms with Gasteiger partial charge >= 0.3 is 5.97 Å². The van der Waals surface area contributed by atoms with E-state index in [0.29, 0.717) is 34.9 Å². The topological polar surface area (TPSA) is 114 Å². The number of halogens is 1. The van der Waals surface area contributed by atoms with Crippen molar-refractivity contribution >= 4 is 52.4 Å². The van der Waals surface area contributed by atoms with Gasteiger partial charge in [-0.25, -0.2) is 9.69 Å². The van der Waals surface area contributed by atoms with E-state index in [0.717, 1.165) is 4.90 Å². The molecular formula is C28H24ClN3O6. The zero-order chi connectivity index (χ0) is 27.2. The summed E-state index contributed by atoms with van der Waals surface area (Å²) in [5.41, 5.74) is 1.90. The lowest BCUT2D eigenvalue weighted by Gasteiger charge is -2.15. The molecule has 0 bridgehead atoms. The molecule has 0 spiro atoms. The summed E-state index contributed by atoms with van der Waals surface area (Å²) in [5.74, 6) is -1.47. The predicted octanol–water partition coefficient (Wildman–Crippen LogP) is 4.95. The highest BCUT2D eigenvalue weighted by Crippen LogP contribution is 2.30. The van der Waals surface area contributed by atoms with Crippen LogP contribution < -0.4 is 20.3 Å². The lowest BCUT2D eigenvalue weighted by atomic mass is 10.2. The molecule has 3 aromatic carbocycles. The van der Waals surface area contributed by atoms with Crippen molar-refractivity contribution in [3.8, 4) is 5.75 Å². The number of nitrogens with zero attached hydrogens (tertiary/aromatic N) is 1. The molecular weight excluding hydrogens is 510 g/mol. The van der Waals surface area contributed by atoms with Crippen LogP contribution in [0.15, 0.2) is 83.5 Å². The van der Waals surface area contributed by atoms with Crippen molar-refractivity contribution in [2.75, 3.05) is 28.7 Å². The highest BCUT2D eigenvalue weighted by molar-refractivity contribution is 6.53. The molecule has 0 atom stereocenters. The normalized spacial score (nSPS) is 13.0. The Hall–Kier alpha value is -4.63. The molecule has 0 saturated carbocycles. The van der Waals surface area contributed by atoms with Crippen LogP contribution >= 0.6 is 11.6 Å². The van der Waals surface area contributed by atoms with Gasteiger partial charge in [0, 0.05) is 16.9 Å². The van der Waals surface area contributed by atoms with Gasteiger partial charge in [-0.2, -0.15) is 0 Å². The second-order valence-electron chi connectivity index (χ2n) is 8.02. The Morgan fingerprint density at radius 2 is 1.39 bits per heavy atom. The van der Waals surface area contributed by atoms with Crippen molar-refractivity contribution in [3.05, 3.63) is 94.7 Å². The Kier molecular flexibility index (Phi) is 8.08. The number of hydrogen-bond acceptors (Lipinski definition) is 7. The number of anilines is 3. The van der Waals surface area contributed by atoms with Crippen molar-refractivity contribution in [3.63, 3.8) is 0 Å². The van der Waals surface area contributed by atoms with E-state index in [1.807, 2.05) is 6.92 Å². The quantitative estimate of drug-likeness (QED) is 0.295.